The highest BCUT2D eigenvalue weighted by atomic mass is 35.5. The van der Waals surface area contributed by atoms with E-state index >= 15 is 0 Å². The zero-order valence-electron chi connectivity index (χ0n) is 14.4. The Bertz CT molecular complexity index is 809. The van der Waals surface area contributed by atoms with Crippen molar-refractivity contribution in [3.05, 3.63) is 50.6 Å². The topological polar surface area (TPSA) is 105 Å². The van der Waals surface area contributed by atoms with Crippen LogP contribution in [0.15, 0.2) is 35.7 Å². The lowest BCUT2D eigenvalue weighted by Gasteiger charge is -2.21. The van der Waals surface area contributed by atoms with Gasteiger partial charge in [-0.1, -0.05) is 35.3 Å². The number of halogens is 2. The third-order valence-electron chi connectivity index (χ3n) is 3.62. The molecule has 0 aliphatic carbocycles. The van der Waals surface area contributed by atoms with E-state index in [2.05, 4.69) is 10.6 Å². The van der Waals surface area contributed by atoms with E-state index in [-0.39, 0.29) is 18.9 Å². The largest absolute Gasteiger partial charge is 0.352 e. The van der Waals surface area contributed by atoms with Crippen molar-refractivity contribution in [2.45, 2.75) is 12.5 Å². The predicted molar refractivity (Wildman–Crippen MR) is 107 cm³/mol. The number of urea groups is 1. The van der Waals surface area contributed by atoms with Crippen molar-refractivity contribution in [2.24, 2.45) is 5.73 Å². The average molecular weight is 429 g/mol. The number of carbonyl (C=O) groups is 3. The summed E-state index contributed by atoms with van der Waals surface area (Å²) in [5, 5.41) is 7.57. The average Bonchev–Trinajstić information content (AvgIpc) is 3.11. The fraction of sp³-hybridized carbons (Fsp3) is 0.235. The molecule has 10 heteroatoms. The van der Waals surface area contributed by atoms with Gasteiger partial charge in [0.2, 0.25) is 11.8 Å². The molecule has 0 radical (unpaired) electrons. The van der Waals surface area contributed by atoms with Gasteiger partial charge in [-0.15, -0.1) is 11.3 Å². The molecule has 1 aromatic carbocycles. The fourth-order valence-electron chi connectivity index (χ4n) is 2.31. The number of primary amides is 1. The quantitative estimate of drug-likeness (QED) is 0.629. The first-order valence-corrected chi connectivity index (χ1v) is 9.48. The molecule has 144 valence electrons. The van der Waals surface area contributed by atoms with Crippen LogP contribution < -0.4 is 16.4 Å². The molecule has 0 saturated carbocycles. The van der Waals surface area contributed by atoms with Gasteiger partial charge in [-0.3, -0.25) is 9.59 Å². The fourth-order valence-corrected chi connectivity index (χ4v) is 3.58. The summed E-state index contributed by atoms with van der Waals surface area (Å²) in [6, 6.07) is 7.17. The van der Waals surface area contributed by atoms with Gasteiger partial charge in [0.25, 0.3) is 0 Å². The van der Waals surface area contributed by atoms with Gasteiger partial charge in [-0.2, -0.15) is 0 Å². The minimum atomic E-state index is -0.727. The lowest BCUT2D eigenvalue weighted by Crippen LogP contribution is -2.39. The standard InChI is InChI=1S/C17H18Cl2N4O3S/c1-23(9-14(24)22-16-10(18)4-2-5-11(16)19)15(25)8-12(21-17(20)26)13-6-3-7-27-13/h2-7,12H,8-9H2,1H3,(H,22,24)(H3,20,21,26). The number of carbonyl (C=O) groups excluding carboxylic acids is 3. The minimum absolute atomic E-state index is 0.0277. The van der Waals surface area contributed by atoms with Gasteiger partial charge in [0.05, 0.1) is 34.7 Å². The summed E-state index contributed by atoms with van der Waals surface area (Å²) in [5.41, 5.74) is 5.48. The van der Waals surface area contributed by atoms with Crippen LogP contribution in [0.3, 0.4) is 0 Å². The van der Waals surface area contributed by atoms with E-state index in [1.54, 1.807) is 24.3 Å². The number of hydrogen-bond acceptors (Lipinski definition) is 4. The van der Waals surface area contributed by atoms with E-state index in [0.29, 0.717) is 15.7 Å². The summed E-state index contributed by atoms with van der Waals surface area (Å²) in [4.78, 5) is 37.9. The third-order valence-corrected chi connectivity index (χ3v) is 5.23. The molecule has 1 heterocycles. The molecule has 0 spiro atoms. The van der Waals surface area contributed by atoms with Gasteiger partial charge in [0.15, 0.2) is 0 Å². The number of benzene rings is 1. The molecule has 2 rings (SSSR count). The van der Waals surface area contributed by atoms with Crippen molar-refractivity contribution in [3.8, 4) is 0 Å². The van der Waals surface area contributed by atoms with Gasteiger partial charge in [-0.25, -0.2) is 4.79 Å². The van der Waals surface area contributed by atoms with E-state index in [1.807, 2.05) is 11.4 Å². The van der Waals surface area contributed by atoms with E-state index < -0.39 is 18.0 Å². The van der Waals surface area contributed by atoms with Crippen molar-refractivity contribution < 1.29 is 14.4 Å². The normalized spacial score (nSPS) is 11.5. The molecule has 0 bridgehead atoms. The molecule has 27 heavy (non-hydrogen) atoms. The number of likely N-dealkylation sites (N-methyl/N-ethyl adjacent to an activating group) is 1. The van der Waals surface area contributed by atoms with Gasteiger partial charge < -0.3 is 21.3 Å². The van der Waals surface area contributed by atoms with Gasteiger partial charge in [0.1, 0.15) is 0 Å². The van der Waals surface area contributed by atoms with Gasteiger partial charge in [-0.05, 0) is 23.6 Å². The van der Waals surface area contributed by atoms with Crippen molar-refractivity contribution >= 4 is 58.1 Å². The number of nitrogens with two attached hydrogens (primary N) is 1. The lowest BCUT2D eigenvalue weighted by molar-refractivity contribution is -0.133. The number of hydrogen-bond donors (Lipinski definition) is 3. The number of anilines is 1. The number of rotatable bonds is 7. The Morgan fingerprint density at radius 1 is 1.19 bits per heavy atom. The zero-order chi connectivity index (χ0) is 20.0. The number of thiophene rings is 1. The van der Waals surface area contributed by atoms with Gasteiger partial charge in [0, 0.05) is 11.9 Å². The number of nitrogens with zero attached hydrogens (tertiary/aromatic N) is 1. The summed E-state index contributed by atoms with van der Waals surface area (Å²) < 4.78 is 0. The van der Waals surface area contributed by atoms with Crippen molar-refractivity contribution in [1.29, 1.82) is 0 Å². The van der Waals surface area contributed by atoms with Crippen LogP contribution in [0.4, 0.5) is 10.5 Å². The number of nitrogens with one attached hydrogen (secondary N) is 2. The second-order valence-corrected chi connectivity index (χ2v) is 7.47. The summed E-state index contributed by atoms with van der Waals surface area (Å²) in [7, 11) is 1.49. The highest BCUT2D eigenvalue weighted by molar-refractivity contribution is 7.10. The second-order valence-electron chi connectivity index (χ2n) is 5.68. The molecular weight excluding hydrogens is 411 g/mol. The van der Waals surface area contributed by atoms with Crippen molar-refractivity contribution in [2.75, 3.05) is 18.9 Å². The van der Waals surface area contributed by atoms with E-state index in [1.165, 1.54) is 23.3 Å². The molecule has 2 aromatic rings. The van der Waals surface area contributed by atoms with Crippen LogP contribution in [-0.2, 0) is 9.59 Å². The Kier molecular flexibility index (Phi) is 7.46. The van der Waals surface area contributed by atoms with Crippen LogP contribution in [0.5, 0.6) is 0 Å². The molecule has 4 amide bonds. The van der Waals surface area contributed by atoms with E-state index in [9.17, 15) is 14.4 Å². The minimum Gasteiger partial charge on any atom is -0.352 e. The number of para-hydroxylation sites is 1. The Hall–Kier alpha value is -2.29. The summed E-state index contributed by atoms with van der Waals surface area (Å²) in [6.07, 6.45) is -0.0277. The van der Waals surface area contributed by atoms with Crippen LogP contribution in [0.25, 0.3) is 0 Å². The van der Waals surface area contributed by atoms with Crippen molar-refractivity contribution in [1.82, 2.24) is 10.2 Å². The van der Waals surface area contributed by atoms with Crippen LogP contribution in [0.2, 0.25) is 10.0 Å². The second kappa shape index (κ2) is 9.59. The molecule has 1 unspecified atom stereocenters. The molecule has 0 saturated heterocycles. The van der Waals surface area contributed by atoms with Crippen LogP contribution in [0.1, 0.15) is 17.3 Å². The first-order valence-electron chi connectivity index (χ1n) is 7.85. The summed E-state index contributed by atoms with van der Waals surface area (Å²) >= 11 is 13.4. The van der Waals surface area contributed by atoms with Crippen LogP contribution >= 0.6 is 34.5 Å². The molecule has 4 N–H and O–H groups in total. The Morgan fingerprint density at radius 2 is 1.85 bits per heavy atom. The zero-order valence-corrected chi connectivity index (χ0v) is 16.7. The maximum atomic E-state index is 12.5. The summed E-state index contributed by atoms with van der Waals surface area (Å²) in [5.74, 6) is -0.779. The molecular formula is C17H18Cl2N4O3S. The molecule has 0 aliphatic heterocycles. The maximum absolute atomic E-state index is 12.5. The Morgan fingerprint density at radius 3 is 2.41 bits per heavy atom. The van der Waals surface area contributed by atoms with E-state index in [0.717, 1.165) is 4.88 Å². The smallest absolute Gasteiger partial charge is 0.312 e. The Labute approximate surface area is 170 Å². The van der Waals surface area contributed by atoms with Gasteiger partial charge >= 0.3 is 6.03 Å². The molecule has 0 aliphatic rings. The van der Waals surface area contributed by atoms with Crippen molar-refractivity contribution in [3.63, 3.8) is 0 Å². The predicted octanol–water partition coefficient (Wildman–Crippen LogP) is 3.25. The molecule has 1 atom stereocenters. The highest BCUT2D eigenvalue weighted by Gasteiger charge is 2.22. The number of amides is 4. The summed E-state index contributed by atoms with van der Waals surface area (Å²) in [6.45, 7) is -0.200. The highest BCUT2D eigenvalue weighted by Crippen LogP contribution is 2.29. The maximum Gasteiger partial charge on any atom is 0.312 e. The molecule has 0 fully saturated rings. The molecule has 7 nitrogen and oxygen atoms in total. The first-order chi connectivity index (χ1) is 12.8. The monoisotopic (exact) mass is 428 g/mol. The van der Waals surface area contributed by atoms with E-state index in [4.69, 9.17) is 28.9 Å². The lowest BCUT2D eigenvalue weighted by atomic mass is 10.1. The third kappa shape index (κ3) is 6.13. The first kappa shape index (κ1) is 21.0. The molecule has 1 aromatic heterocycles. The van der Waals surface area contributed by atoms with Crippen LogP contribution in [-0.4, -0.2) is 36.3 Å². The van der Waals surface area contributed by atoms with Crippen LogP contribution in [0, 0.1) is 0 Å². The Balaban J connectivity index is 1.97. The SMILES string of the molecule is CN(CC(=O)Nc1c(Cl)cccc1Cl)C(=O)CC(NC(N)=O)c1cccs1.